The molecule has 1 N–H and O–H groups in total. The number of nitrogens with one attached hydrogen (secondary N) is 1. The van der Waals surface area contributed by atoms with Crippen LogP contribution in [-0.2, 0) is 6.54 Å². The highest BCUT2D eigenvalue weighted by Gasteiger charge is 2.22. The Morgan fingerprint density at radius 1 is 1.09 bits per heavy atom. The van der Waals surface area contributed by atoms with Gasteiger partial charge in [0.2, 0.25) is 0 Å². The van der Waals surface area contributed by atoms with Crippen molar-refractivity contribution in [3.63, 3.8) is 0 Å². The molecule has 23 heavy (non-hydrogen) atoms. The van der Waals surface area contributed by atoms with Crippen LogP contribution in [0, 0.1) is 11.3 Å². The Morgan fingerprint density at radius 2 is 1.78 bits per heavy atom. The van der Waals surface area contributed by atoms with Crippen LogP contribution in [0.3, 0.4) is 0 Å². The van der Waals surface area contributed by atoms with Crippen molar-refractivity contribution in [3.05, 3.63) is 59.7 Å². The van der Waals surface area contributed by atoms with E-state index in [9.17, 15) is 0 Å². The number of hydrogen-bond acceptors (Lipinski definition) is 3. The van der Waals surface area contributed by atoms with Crippen molar-refractivity contribution in [3.8, 4) is 11.8 Å². The van der Waals surface area contributed by atoms with Gasteiger partial charge in [0.1, 0.15) is 12.3 Å². The number of anilines is 1. The van der Waals surface area contributed by atoms with E-state index in [0.29, 0.717) is 0 Å². The van der Waals surface area contributed by atoms with Gasteiger partial charge in [-0.15, -0.1) is 0 Å². The molecular formula is C19H22N3O+. The van der Waals surface area contributed by atoms with Crippen LogP contribution in [0.25, 0.3) is 0 Å². The zero-order chi connectivity index (χ0) is 16.1. The summed E-state index contributed by atoms with van der Waals surface area (Å²) in [6, 6.07) is 18.3. The number of quaternary nitrogens is 1. The lowest BCUT2D eigenvalue weighted by Gasteiger charge is -2.34. The Hall–Kier alpha value is -2.51. The molecule has 1 heterocycles. The smallest absolute Gasteiger partial charge is 0.142 e. The standard InChI is InChI=1S/C19H21N3O/c1-23-19-5-3-2-4-18(19)22-12-10-21(11-13-22)15-17-8-6-16(14-20)7-9-17/h2-9H,10-13,15H2,1H3/p+1. The second kappa shape index (κ2) is 7.17. The molecule has 0 amide bonds. The summed E-state index contributed by atoms with van der Waals surface area (Å²) in [7, 11) is 1.73. The first-order valence-corrected chi connectivity index (χ1v) is 8.00. The lowest BCUT2D eigenvalue weighted by atomic mass is 10.1. The van der Waals surface area contributed by atoms with Crippen molar-refractivity contribution in [1.82, 2.24) is 0 Å². The summed E-state index contributed by atoms with van der Waals surface area (Å²) in [4.78, 5) is 3.99. The summed E-state index contributed by atoms with van der Waals surface area (Å²) in [5.74, 6) is 0.947. The zero-order valence-electron chi connectivity index (χ0n) is 13.5. The number of benzene rings is 2. The Bertz CT molecular complexity index is 683. The number of ether oxygens (including phenoxy) is 1. The molecule has 0 aromatic heterocycles. The first-order valence-electron chi connectivity index (χ1n) is 8.00. The molecule has 2 aromatic carbocycles. The Kier molecular flexibility index (Phi) is 4.80. The van der Waals surface area contributed by atoms with Crippen LogP contribution < -0.4 is 14.5 Å². The fourth-order valence-corrected chi connectivity index (χ4v) is 3.12. The summed E-state index contributed by atoms with van der Waals surface area (Å²) < 4.78 is 5.47. The highest BCUT2D eigenvalue weighted by atomic mass is 16.5. The van der Waals surface area contributed by atoms with Crippen LogP contribution in [-0.4, -0.2) is 33.3 Å². The minimum Gasteiger partial charge on any atom is -0.495 e. The average Bonchev–Trinajstić information content (AvgIpc) is 2.63. The van der Waals surface area contributed by atoms with E-state index in [0.717, 1.165) is 44.0 Å². The number of piperazine rings is 1. The molecule has 4 nitrogen and oxygen atoms in total. The van der Waals surface area contributed by atoms with Crippen molar-refractivity contribution < 1.29 is 9.64 Å². The van der Waals surface area contributed by atoms with E-state index in [1.807, 2.05) is 24.3 Å². The van der Waals surface area contributed by atoms with E-state index < -0.39 is 0 Å². The van der Waals surface area contributed by atoms with Gasteiger partial charge in [0.15, 0.2) is 0 Å². The van der Waals surface area contributed by atoms with E-state index >= 15 is 0 Å². The molecule has 3 rings (SSSR count). The minimum absolute atomic E-state index is 0.727. The molecule has 0 atom stereocenters. The van der Waals surface area contributed by atoms with Gasteiger partial charge in [-0.1, -0.05) is 24.3 Å². The van der Waals surface area contributed by atoms with E-state index in [4.69, 9.17) is 10.00 Å². The molecule has 0 unspecified atom stereocenters. The quantitative estimate of drug-likeness (QED) is 0.930. The van der Waals surface area contributed by atoms with Crippen molar-refractivity contribution in [1.29, 1.82) is 5.26 Å². The maximum Gasteiger partial charge on any atom is 0.142 e. The molecular weight excluding hydrogens is 286 g/mol. The normalized spacial score (nSPS) is 15.2. The average molecular weight is 308 g/mol. The summed E-state index contributed by atoms with van der Waals surface area (Å²) in [5.41, 5.74) is 3.21. The highest BCUT2D eigenvalue weighted by Crippen LogP contribution is 2.27. The van der Waals surface area contributed by atoms with Gasteiger partial charge in [-0.25, -0.2) is 0 Å². The molecule has 4 heteroatoms. The Balaban J connectivity index is 1.59. The van der Waals surface area contributed by atoms with Crippen LogP contribution in [0.1, 0.15) is 11.1 Å². The summed E-state index contributed by atoms with van der Waals surface area (Å²) in [6.45, 7) is 5.31. The molecule has 0 aliphatic carbocycles. The monoisotopic (exact) mass is 308 g/mol. The maximum absolute atomic E-state index is 8.86. The third-order valence-corrected chi connectivity index (χ3v) is 4.43. The second-order valence-corrected chi connectivity index (χ2v) is 5.89. The van der Waals surface area contributed by atoms with Crippen molar-refractivity contribution >= 4 is 5.69 Å². The second-order valence-electron chi connectivity index (χ2n) is 5.89. The van der Waals surface area contributed by atoms with Crippen LogP contribution in [0.4, 0.5) is 5.69 Å². The van der Waals surface area contributed by atoms with Crippen molar-refractivity contribution in [2.24, 2.45) is 0 Å². The van der Waals surface area contributed by atoms with Crippen LogP contribution in [0.15, 0.2) is 48.5 Å². The van der Waals surface area contributed by atoms with E-state index in [-0.39, 0.29) is 0 Å². The van der Waals surface area contributed by atoms with Crippen LogP contribution in [0.5, 0.6) is 5.75 Å². The van der Waals surface area contributed by atoms with E-state index in [1.165, 1.54) is 11.3 Å². The van der Waals surface area contributed by atoms with E-state index in [2.05, 4.69) is 35.2 Å². The third-order valence-electron chi connectivity index (χ3n) is 4.43. The molecule has 118 valence electrons. The Morgan fingerprint density at radius 3 is 2.43 bits per heavy atom. The minimum atomic E-state index is 0.727. The number of nitriles is 1. The number of methoxy groups -OCH3 is 1. The molecule has 1 aliphatic rings. The summed E-state index contributed by atoms with van der Waals surface area (Å²) in [6.07, 6.45) is 0. The molecule has 0 radical (unpaired) electrons. The SMILES string of the molecule is COc1ccccc1N1CC[NH+](Cc2ccc(C#N)cc2)CC1. The molecule has 1 fully saturated rings. The maximum atomic E-state index is 8.86. The van der Waals surface area contributed by atoms with Crippen LogP contribution >= 0.6 is 0 Å². The summed E-state index contributed by atoms with van der Waals surface area (Å²) >= 11 is 0. The van der Waals surface area contributed by atoms with Gasteiger partial charge in [0.25, 0.3) is 0 Å². The van der Waals surface area contributed by atoms with Crippen LogP contribution in [0.2, 0.25) is 0 Å². The highest BCUT2D eigenvalue weighted by molar-refractivity contribution is 5.58. The molecule has 0 bridgehead atoms. The number of rotatable bonds is 4. The van der Waals surface area contributed by atoms with E-state index in [1.54, 1.807) is 12.0 Å². The third kappa shape index (κ3) is 3.64. The lowest BCUT2D eigenvalue weighted by Crippen LogP contribution is -3.13. The molecule has 1 saturated heterocycles. The predicted octanol–water partition coefficient (Wildman–Crippen LogP) is 1.47. The first kappa shape index (κ1) is 15.4. The molecule has 2 aromatic rings. The number of nitrogens with zero attached hydrogens (tertiary/aromatic N) is 2. The molecule has 0 saturated carbocycles. The largest absolute Gasteiger partial charge is 0.495 e. The van der Waals surface area contributed by atoms with Gasteiger partial charge in [-0.2, -0.15) is 5.26 Å². The van der Waals surface area contributed by atoms with Gasteiger partial charge in [-0.05, 0) is 24.3 Å². The first-order chi connectivity index (χ1) is 11.3. The van der Waals surface area contributed by atoms with Crippen molar-refractivity contribution in [2.75, 3.05) is 38.2 Å². The molecule has 0 spiro atoms. The number of hydrogen-bond donors (Lipinski definition) is 1. The number of para-hydroxylation sites is 2. The Labute approximate surface area is 137 Å². The fourth-order valence-electron chi connectivity index (χ4n) is 3.12. The zero-order valence-corrected chi connectivity index (χ0v) is 13.5. The van der Waals surface area contributed by atoms with Gasteiger partial charge >= 0.3 is 0 Å². The van der Waals surface area contributed by atoms with Gasteiger partial charge in [0, 0.05) is 5.56 Å². The van der Waals surface area contributed by atoms with Gasteiger partial charge < -0.3 is 14.5 Å². The molecule has 1 aliphatic heterocycles. The predicted molar refractivity (Wildman–Crippen MR) is 90.8 cm³/mol. The topological polar surface area (TPSA) is 40.7 Å². The fraction of sp³-hybridized carbons (Fsp3) is 0.316. The van der Waals surface area contributed by atoms with Gasteiger partial charge in [0.05, 0.1) is 50.6 Å². The van der Waals surface area contributed by atoms with Crippen molar-refractivity contribution in [2.45, 2.75) is 6.54 Å². The lowest BCUT2D eigenvalue weighted by molar-refractivity contribution is -0.914. The van der Waals surface area contributed by atoms with Gasteiger partial charge in [-0.3, -0.25) is 0 Å². The summed E-state index contributed by atoms with van der Waals surface area (Å²) in [5, 5.41) is 8.86.